The van der Waals surface area contributed by atoms with Gasteiger partial charge in [-0.15, -0.1) is 0 Å². The Morgan fingerprint density at radius 3 is 1.07 bits per heavy atom. The van der Waals surface area contributed by atoms with Gasteiger partial charge in [0.25, 0.3) is 0 Å². The summed E-state index contributed by atoms with van der Waals surface area (Å²) in [4.78, 5) is 2.41. The van der Waals surface area contributed by atoms with Crippen molar-refractivity contribution in [3.8, 4) is 78.3 Å². The second-order valence-corrected chi connectivity index (χ2v) is 14.0. The normalized spacial score (nSPS) is 11.4. The second-order valence-electron chi connectivity index (χ2n) is 14.0. The van der Waals surface area contributed by atoms with Gasteiger partial charge in [0.05, 0.1) is 11.4 Å². The molecule has 0 spiro atoms. The molecular weight excluding hydrogens is 679 g/mol. The van der Waals surface area contributed by atoms with Crippen LogP contribution in [0.5, 0.6) is 11.5 Å². The highest BCUT2D eigenvalue weighted by molar-refractivity contribution is 6.00. The third-order valence-electron chi connectivity index (χ3n) is 10.7. The van der Waals surface area contributed by atoms with Gasteiger partial charge in [0.2, 0.25) is 0 Å². The highest BCUT2D eigenvalue weighted by Gasteiger charge is 2.25. The van der Waals surface area contributed by atoms with E-state index in [-0.39, 0.29) is 0 Å². The number of para-hydroxylation sites is 3. The number of rotatable bonds is 5. The SMILES string of the molecule is c1ccc(-c2ccccc2N(c2ccc3c(c2)-c2ccccc2-c2ccccc2-c2ccccc2-c2ccccc2O3)c2ccccc2-c2ccccc2)cc1. The van der Waals surface area contributed by atoms with Gasteiger partial charge < -0.3 is 9.64 Å². The Bertz CT molecular complexity index is 2760. The van der Waals surface area contributed by atoms with Crippen molar-refractivity contribution in [1.29, 1.82) is 0 Å². The van der Waals surface area contributed by atoms with E-state index >= 15 is 0 Å². The van der Waals surface area contributed by atoms with Crippen LogP contribution < -0.4 is 9.64 Å². The predicted octanol–water partition coefficient (Wildman–Crippen LogP) is 15.3. The van der Waals surface area contributed by atoms with Gasteiger partial charge in [-0.1, -0.05) is 188 Å². The van der Waals surface area contributed by atoms with E-state index in [1.165, 1.54) is 16.7 Å². The summed E-state index contributed by atoms with van der Waals surface area (Å²) in [6.07, 6.45) is 0. The largest absolute Gasteiger partial charge is 0.456 e. The van der Waals surface area contributed by atoms with Crippen molar-refractivity contribution in [3.63, 3.8) is 0 Å². The Morgan fingerprint density at radius 2 is 0.589 bits per heavy atom. The lowest BCUT2D eigenvalue weighted by molar-refractivity contribution is 0.486. The minimum atomic E-state index is 0.790. The van der Waals surface area contributed by atoms with E-state index in [9.17, 15) is 0 Å². The molecule has 1 aliphatic rings. The molecule has 0 saturated heterocycles. The zero-order valence-electron chi connectivity index (χ0n) is 30.7. The lowest BCUT2D eigenvalue weighted by Gasteiger charge is -2.30. The summed E-state index contributed by atoms with van der Waals surface area (Å²) in [5, 5.41) is 0. The van der Waals surface area contributed by atoms with Crippen LogP contribution in [0.15, 0.2) is 224 Å². The average molecular weight is 716 g/mol. The number of nitrogens with zero attached hydrogens (tertiary/aromatic N) is 1. The smallest absolute Gasteiger partial charge is 0.135 e. The van der Waals surface area contributed by atoms with Crippen LogP contribution in [0.3, 0.4) is 0 Å². The van der Waals surface area contributed by atoms with Crippen LogP contribution in [0.4, 0.5) is 17.1 Å². The highest BCUT2D eigenvalue weighted by atomic mass is 16.5. The van der Waals surface area contributed by atoms with Crippen molar-refractivity contribution in [2.75, 3.05) is 4.90 Å². The van der Waals surface area contributed by atoms with Gasteiger partial charge >= 0.3 is 0 Å². The molecule has 2 nitrogen and oxygen atoms in total. The van der Waals surface area contributed by atoms with E-state index < -0.39 is 0 Å². The second kappa shape index (κ2) is 14.4. The van der Waals surface area contributed by atoms with Crippen molar-refractivity contribution in [2.45, 2.75) is 0 Å². The maximum atomic E-state index is 7.10. The van der Waals surface area contributed by atoms with Gasteiger partial charge in [0, 0.05) is 27.9 Å². The van der Waals surface area contributed by atoms with E-state index in [0.29, 0.717) is 0 Å². The number of hydrogen-bond acceptors (Lipinski definition) is 2. The van der Waals surface area contributed by atoms with Gasteiger partial charge in [0.15, 0.2) is 0 Å². The minimum Gasteiger partial charge on any atom is -0.456 e. The van der Waals surface area contributed by atoms with Crippen LogP contribution in [-0.4, -0.2) is 0 Å². The Hall–Kier alpha value is -7.42. The van der Waals surface area contributed by atoms with Crippen LogP contribution in [0.2, 0.25) is 0 Å². The van der Waals surface area contributed by atoms with Crippen molar-refractivity contribution >= 4 is 17.1 Å². The summed E-state index contributed by atoms with van der Waals surface area (Å²) in [7, 11) is 0. The quantitative estimate of drug-likeness (QED) is 0.176. The first-order valence-corrected chi connectivity index (χ1v) is 19.1. The summed E-state index contributed by atoms with van der Waals surface area (Å²) in [6, 6.07) is 80.0. The van der Waals surface area contributed by atoms with Crippen molar-refractivity contribution < 1.29 is 4.74 Å². The monoisotopic (exact) mass is 715 g/mol. The lowest BCUT2D eigenvalue weighted by Crippen LogP contribution is -2.12. The Morgan fingerprint density at radius 1 is 0.250 bits per heavy atom. The molecular formula is C54H37NO. The minimum absolute atomic E-state index is 0.790. The molecule has 0 atom stereocenters. The molecule has 1 heterocycles. The Balaban J connectivity index is 1.27. The molecule has 0 bridgehead atoms. The Kier molecular flexibility index (Phi) is 8.55. The molecule has 0 N–H and O–H groups in total. The highest BCUT2D eigenvalue weighted by Crippen LogP contribution is 2.51. The van der Waals surface area contributed by atoms with Crippen LogP contribution in [-0.2, 0) is 0 Å². The molecule has 9 aromatic carbocycles. The number of anilines is 3. The molecule has 264 valence electrons. The standard InChI is InChI=1S/C54H37NO/c1-3-19-38(20-4-1)41-23-13-16-32-51(41)55(52-33-17-14-24-42(52)39-21-5-2-6-22-39)40-35-36-54-50(37-40)48-30-12-10-28-46(48)44-26-8-7-25-43(44)45-27-9-11-29-47(45)49-31-15-18-34-53(49)56-54/h1-37H. The van der Waals surface area contributed by atoms with Gasteiger partial charge in [-0.3, -0.25) is 0 Å². The molecule has 10 rings (SSSR count). The van der Waals surface area contributed by atoms with Gasteiger partial charge in [-0.05, 0) is 80.9 Å². The molecule has 1 aliphatic heterocycles. The molecule has 0 unspecified atom stereocenters. The molecule has 0 saturated carbocycles. The lowest BCUT2D eigenvalue weighted by atomic mass is 9.86. The fourth-order valence-corrected chi connectivity index (χ4v) is 8.18. The molecule has 2 heteroatoms. The van der Waals surface area contributed by atoms with E-state index in [1.54, 1.807) is 0 Å². The zero-order valence-corrected chi connectivity index (χ0v) is 30.7. The van der Waals surface area contributed by atoms with Crippen LogP contribution in [0.1, 0.15) is 0 Å². The van der Waals surface area contributed by atoms with Crippen LogP contribution in [0.25, 0.3) is 66.8 Å². The first kappa shape index (κ1) is 33.2. The molecule has 0 radical (unpaired) electrons. The maximum absolute atomic E-state index is 7.10. The number of ether oxygens (including phenoxy) is 1. The Labute approximate surface area is 328 Å². The van der Waals surface area contributed by atoms with Crippen LogP contribution >= 0.6 is 0 Å². The summed E-state index contributed by atoms with van der Waals surface area (Å²) >= 11 is 0. The molecule has 0 fully saturated rings. The molecule has 0 aromatic heterocycles. The van der Waals surface area contributed by atoms with E-state index in [4.69, 9.17) is 4.74 Å². The van der Waals surface area contributed by atoms with E-state index in [1.807, 2.05) is 0 Å². The summed E-state index contributed by atoms with van der Waals surface area (Å²) in [5.41, 5.74) is 16.7. The van der Waals surface area contributed by atoms with E-state index in [2.05, 4.69) is 229 Å². The van der Waals surface area contributed by atoms with Crippen molar-refractivity contribution in [3.05, 3.63) is 224 Å². The first-order valence-electron chi connectivity index (χ1n) is 19.1. The molecule has 0 aliphatic carbocycles. The number of hydrogen-bond donors (Lipinski definition) is 0. The molecule has 56 heavy (non-hydrogen) atoms. The van der Waals surface area contributed by atoms with Crippen molar-refractivity contribution in [1.82, 2.24) is 0 Å². The summed E-state index contributed by atoms with van der Waals surface area (Å²) in [6.45, 7) is 0. The summed E-state index contributed by atoms with van der Waals surface area (Å²) < 4.78 is 7.10. The fourth-order valence-electron chi connectivity index (χ4n) is 8.18. The number of fused-ring (bicyclic) bond motifs is 9. The predicted molar refractivity (Wildman–Crippen MR) is 234 cm³/mol. The van der Waals surface area contributed by atoms with Gasteiger partial charge in [-0.2, -0.15) is 0 Å². The number of benzene rings is 9. The average Bonchev–Trinajstić information content (AvgIpc) is 3.29. The fraction of sp³-hybridized carbons (Fsp3) is 0. The third kappa shape index (κ3) is 5.95. The van der Waals surface area contributed by atoms with Gasteiger partial charge in [-0.25, -0.2) is 0 Å². The molecule has 9 aromatic rings. The third-order valence-corrected chi connectivity index (χ3v) is 10.7. The topological polar surface area (TPSA) is 12.5 Å². The zero-order chi connectivity index (χ0) is 37.3. The first-order chi connectivity index (χ1) is 27.8. The van der Waals surface area contributed by atoms with Gasteiger partial charge in [0.1, 0.15) is 11.5 Å². The summed E-state index contributed by atoms with van der Waals surface area (Å²) in [5.74, 6) is 1.60. The maximum Gasteiger partial charge on any atom is 0.135 e. The van der Waals surface area contributed by atoms with E-state index in [0.717, 1.165) is 78.6 Å². The van der Waals surface area contributed by atoms with Crippen LogP contribution in [0, 0.1) is 0 Å². The molecule has 0 amide bonds. The van der Waals surface area contributed by atoms with Crippen molar-refractivity contribution in [2.24, 2.45) is 0 Å².